The van der Waals surface area contributed by atoms with Gasteiger partial charge in [-0.15, -0.1) is 0 Å². The minimum atomic E-state index is -0.287. The van der Waals surface area contributed by atoms with Gasteiger partial charge in [0, 0.05) is 18.0 Å². The molecule has 0 aliphatic heterocycles. The van der Waals surface area contributed by atoms with Gasteiger partial charge in [-0.2, -0.15) is 4.39 Å². The molecule has 0 saturated heterocycles. The first-order valence-electron chi connectivity index (χ1n) is 5.75. The largest absolute Gasteiger partial charge is 0.396 e. The Morgan fingerprint density at radius 2 is 1.72 bits per heavy atom. The second-order valence-corrected chi connectivity index (χ2v) is 4.14. The summed E-state index contributed by atoms with van der Waals surface area (Å²) in [5, 5.41) is 0. The molecule has 1 aliphatic carbocycles. The minimum Gasteiger partial charge on any atom is -0.396 e. The quantitative estimate of drug-likeness (QED) is 0.757. The Morgan fingerprint density at radius 3 is 2.22 bits per heavy atom. The Kier molecular flexibility index (Phi) is 3.72. The van der Waals surface area contributed by atoms with Crippen molar-refractivity contribution in [2.45, 2.75) is 18.8 Å². The molecule has 4 nitrogen and oxygen atoms in total. The zero-order valence-electron chi connectivity index (χ0n) is 9.88. The molecule has 3 rings (SSSR count). The Bertz CT molecular complexity index is 505. The van der Waals surface area contributed by atoms with E-state index >= 15 is 0 Å². The molecule has 2 aromatic heterocycles. The van der Waals surface area contributed by atoms with Crippen molar-refractivity contribution >= 4 is 11.5 Å². The Hall–Kier alpha value is -2.17. The molecule has 0 aromatic carbocycles. The third-order valence-electron chi connectivity index (χ3n) is 2.68. The summed E-state index contributed by atoms with van der Waals surface area (Å²) in [6.45, 7) is 0. The Labute approximate surface area is 105 Å². The highest BCUT2D eigenvalue weighted by molar-refractivity contribution is 5.56. The summed E-state index contributed by atoms with van der Waals surface area (Å²) in [7, 11) is 0. The standard InChI is InChI=1S/C8H8FN.C5H7N3/c9-8-7(6-3-4-6)2-1-5-10-8;6-4-2-1-3-8-5(4)7/h1-2,5-6H,3-4H2;1-3H,6H2,(H2,7,8). The second-order valence-electron chi connectivity index (χ2n) is 4.14. The molecule has 1 saturated carbocycles. The van der Waals surface area contributed by atoms with Gasteiger partial charge in [0.1, 0.15) is 5.82 Å². The summed E-state index contributed by atoms with van der Waals surface area (Å²) in [5.41, 5.74) is 11.9. The van der Waals surface area contributed by atoms with Crippen molar-refractivity contribution in [3.05, 3.63) is 48.2 Å². The zero-order valence-corrected chi connectivity index (χ0v) is 9.88. The first-order chi connectivity index (χ1) is 8.68. The lowest BCUT2D eigenvalue weighted by Gasteiger charge is -1.95. The Morgan fingerprint density at radius 1 is 1.06 bits per heavy atom. The molecule has 1 aliphatic rings. The van der Waals surface area contributed by atoms with Gasteiger partial charge in [-0.3, -0.25) is 0 Å². The normalized spacial score (nSPS) is 13.6. The van der Waals surface area contributed by atoms with E-state index in [1.54, 1.807) is 24.4 Å². The molecule has 2 heterocycles. The summed E-state index contributed by atoms with van der Waals surface area (Å²) >= 11 is 0. The van der Waals surface area contributed by atoms with Gasteiger partial charge in [-0.05, 0) is 37.0 Å². The number of hydrogen-bond acceptors (Lipinski definition) is 4. The molecule has 0 bridgehead atoms. The van der Waals surface area contributed by atoms with Gasteiger partial charge in [-0.1, -0.05) is 6.07 Å². The molecular weight excluding hydrogens is 231 g/mol. The molecule has 4 N–H and O–H groups in total. The van der Waals surface area contributed by atoms with Crippen LogP contribution in [0.2, 0.25) is 0 Å². The fraction of sp³-hybridized carbons (Fsp3) is 0.231. The molecule has 0 spiro atoms. The van der Waals surface area contributed by atoms with Crippen LogP contribution in [0.15, 0.2) is 36.7 Å². The van der Waals surface area contributed by atoms with Crippen molar-refractivity contribution in [3.8, 4) is 0 Å². The van der Waals surface area contributed by atoms with Crippen molar-refractivity contribution in [1.29, 1.82) is 0 Å². The van der Waals surface area contributed by atoms with Crippen molar-refractivity contribution in [1.82, 2.24) is 9.97 Å². The van der Waals surface area contributed by atoms with Gasteiger partial charge in [0.15, 0.2) is 0 Å². The highest BCUT2D eigenvalue weighted by Gasteiger charge is 2.26. The van der Waals surface area contributed by atoms with Crippen LogP contribution in [0, 0.1) is 5.95 Å². The lowest BCUT2D eigenvalue weighted by molar-refractivity contribution is 0.567. The van der Waals surface area contributed by atoms with Crippen molar-refractivity contribution in [2.24, 2.45) is 0 Å². The van der Waals surface area contributed by atoms with E-state index in [0.717, 1.165) is 18.4 Å². The van der Waals surface area contributed by atoms with Crippen molar-refractivity contribution in [3.63, 3.8) is 0 Å². The lowest BCUT2D eigenvalue weighted by Crippen LogP contribution is -1.95. The third kappa shape index (κ3) is 3.16. The molecule has 2 aromatic rings. The number of anilines is 2. The van der Waals surface area contributed by atoms with Crippen LogP contribution in [-0.4, -0.2) is 9.97 Å². The van der Waals surface area contributed by atoms with Crippen molar-refractivity contribution < 1.29 is 4.39 Å². The van der Waals surface area contributed by atoms with E-state index in [4.69, 9.17) is 11.5 Å². The fourth-order valence-corrected chi connectivity index (χ4v) is 1.53. The summed E-state index contributed by atoms with van der Waals surface area (Å²) in [5.74, 6) is 0.575. The highest BCUT2D eigenvalue weighted by Crippen LogP contribution is 2.40. The lowest BCUT2D eigenvalue weighted by atomic mass is 10.2. The SMILES string of the molecule is Fc1ncccc1C1CC1.Nc1cccnc1N. The minimum absolute atomic E-state index is 0.287. The number of nitrogens with two attached hydrogens (primary N) is 2. The van der Waals surface area contributed by atoms with Gasteiger partial charge in [0.2, 0.25) is 5.95 Å². The molecule has 0 radical (unpaired) electrons. The molecule has 0 unspecified atom stereocenters. The van der Waals surface area contributed by atoms with E-state index in [9.17, 15) is 4.39 Å². The van der Waals surface area contributed by atoms with Gasteiger partial charge in [0.05, 0.1) is 5.69 Å². The maximum atomic E-state index is 12.8. The first-order valence-corrected chi connectivity index (χ1v) is 5.75. The summed E-state index contributed by atoms with van der Waals surface area (Å²) in [4.78, 5) is 7.31. The predicted molar refractivity (Wildman–Crippen MR) is 69.2 cm³/mol. The van der Waals surface area contributed by atoms with Crippen LogP contribution in [0.4, 0.5) is 15.9 Å². The topological polar surface area (TPSA) is 77.8 Å². The van der Waals surface area contributed by atoms with Gasteiger partial charge in [0.25, 0.3) is 0 Å². The average molecular weight is 246 g/mol. The number of pyridine rings is 2. The molecule has 94 valence electrons. The molecule has 0 amide bonds. The maximum Gasteiger partial charge on any atom is 0.216 e. The summed E-state index contributed by atoms with van der Waals surface area (Å²) < 4.78 is 12.8. The van der Waals surface area contributed by atoms with Gasteiger partial charge in [-0.25, -0.2) is 9.97 Å². The van der Waals surface area contributed by atoms with Gasteiger partial charge < -0.3 is 11.5 Å². The van der Waals surface area contributed by atoms with Crippen LogP contribution in [0.3, 0.4) is 0 Å². The number of rotatable bonds is 1. The molecule has 0 atom stereocenters. The number of hydrogen-bond donors (Lipinski definition) is 2. The molecular formula is C13H15FN4. The van der Waals surface area contributed by atoms with Gasteiger partial charge >= 0.3 is 0 Å². The average Bonchev–Trinajstić information content (AvgIpc) is 3.19. The number of nitrogens with zero attached hydrogens (tertiary/aromatic N) is 2. The highest BCUT2D eigenvalue weighted by atomic mass is 19.1. The zero-order chi connectivity index (χ0) is 13.0. The van der Waals surface area contributed by atoms with Crippen LogP contribution in [-0.2, 0) is 0 Å². The van der Waals surface area contributed by atoms with E-state index in [1.807, 2.05) is 6.07 Å². The van der Waals surface area contributed by atoms with E-state index < -0.39 is 0 Å². The van der Waals surface area contributed by atoms with Crippen LogP contribution in [0.25, 0.3) is 0 Å². The predicted octanol–water partition coefficient (Wildman–Crippen LogP) is 2.34. The maximum absolute atomic E-state index is 12.8. The number of nitrogen functional groups attached to an aromatic ring is 2. The van der Waals surface area contributed by atoms with Crippen LogP contribution < -0.4 is 11.5 Å². The monoisotopic (exact) mass is 246 g/mol. The van der Waals surface area contributed by atoms with Crippen molar-refractivity contribution in [2.75, 3.05) is 11.5 Å². The van der Waals surface area contributed by atoms with E-state index in [1.165, 1.54) is 6.20 Å². The van der Waals surface area contributed by atoms with Crippen LogP contribution >= 0.6 is 0 Å². The number of halogens is 1. The van der Waals surface area contributed by atoms with Crippen LogP contribution in [0.5, 0.6) is 0 Å². The summed E-state index contributed by atoms with van der Waals surface area (Å²) in [6.07, 6.45) is 5.35. The molecule has 1 fully saturated rings. The Balaban J connectivity index is 0.000000138. The summed E-state index contributed by atoms with van der Waals surface area (Å²) in [6, 6.07) is 7.06. The fourth-order valence-electron chi connectivity index (χ4n) is 1.53. The smallest absolute Gasteiger partial charge is 0.216 e. The third-order valence-corrected chi connectivity index (χ3v) is 2.68. The van der Waals surface area contributed by atoms with E-state index in [0.29, 0.717) is 17.4 Å². The molecule has 5 heteroatoms. The van der Waals surface area contributed by atoms with E-state index in [2.05, 4.69) is 9.97 Å². The molecule has 18 heavy (non-hydrogen) atoms. The van der Waals surface area contributed by atoms with E-state index in [-0.39, 0.29) is 5.95 Å². The first kappa shape index (κ1) is 12.3. The number of aromatic nitrogens is 2. The van der Waals surface area contributed by atoms with Crippen LogP contribution in [0.1, 0.15) is 24.3 Å². The second kappa shape index (κ2) is 5.44.